The number of nitrogens with zero attached hydrogens (tertiary/aromatic N) is 2. The van der Waals surface area contributed by atoms with Crippen molar-refractivity contribution in [3.63, 3.8) is 0 Å². The SMILES string of the molecule is C=C1C[C@H]2C(O)N(C(=O)OCCSSC(C)C)c3cc(OC)c(OC)cc3C(=C)N2C1. The van der Waals surface area contributed by atoms with Crippen LogP contribution in [0.2, 0.25) is 0 Å². The van der Waals surface area contributed by atoms with E-state index in [1.807, 2.05) is 4.90 Å². The summed E-state index contributed by atoms with van der Waals surface area (Å²) in [5.41, 5.74) is 2.82. The number of methoxy groups -OCH3 is 2. The first kappa shape index (κ1) is 23.7. The summed E-state index contributed by atoms with van der Waals surface area (Å²) in [6.07, 6.45) is -1.17. The monoisotopic (exact) mass is 466 g/mol. The van der Waals surface area contributed by atoms with Crippen LogP contribution in [0, 0.1) is 0 Å². The molecule has 3 rings (SSSR count). The van der Waals surface area contributed by atoms with E-state index in [0.29, 0.717) is 52.4 Å². The number of rotatable bonds is 7. The summed E-state index contributed by atoms with van der Waals surface area (Å²) < 4.78 is 16.4. The highest BCUT2D eigenvalue weighted by molar-refractivity contribution is 8.76. The van der Waals surface area contributed by atoms with Crippen LogP contribution in [-0.2, 0) is 4.74 Å². The van der Waals surface area contributed by atoms with Crippen LogP contribution in [0.25, 0.3) is 5.70 Å². The molecule has 7 nitrogen and oxygen atoms in total. The Kier molecular flexibility index (Phi) is 7.72. The van der Waals surface area contributed by atoms with Crippen LogP contribution in [0.4, 0.5) is 10.5 Å². The Labute approximate surface area is 191 Å². The molecule has 1 N–H and O–H groups in total. The lowest BCUT2D eigenvalue weighted by Crippen LogP contribution is -2.50. The maximum atomic E-state index is 13.1. The third-order valence-electron chi connectivity index (χ3n) is 5.17. The molecule has 2 aliphatic heterocycles. The summed E-state index contributed by atoms with van der Waals surface area (Å²) in [5.74, 6) is 1.63. The first-order valence-corrected chi connectivity index (χ1v) is 12.5. The van der Waals surface area contributed by atoms with Crippen molar-refractivity contribution in [2.24, 2.45) is 0 Å². The van der Waals surface area contributed by atoms with Gasteiger partial charge in [0.05, 0.1) is 25.9 Å². The average molecular weight is 467 g/mol. The van der Waals surface area contributed by atoms with Gasteiger partial charge in [0.15, 0.2) is 17.7 Å². The van der Waals surface area contributed by atoms with Crippen molar-refractivity contribution >= 4 is 39.1 Å². The molecule has 2 aliphatic rings. The molecule has 0 aromatic heterocycles. The zero-order valence-corrected chi connectivity index (χ0v) is 20.1. The van der Waals surface area contributed by atoms with Crippen LogP contribution in [0.1, 0.15) is 25.8 Å². The first-order chi connectivity index (χ1) is 14.8. The Morgan fingerprint density at radius 3 is 2.58 bits per heavy atom. The molecule has 1 unspecified atom stereocenters. The zero-order chi connectivity index (χ0) is 22.7. The number of hydrogen-bond acceptors (Lipinski definition) is 8. The fourth-order valence-electron chi connectivity index (χ4n) is 3.78. The van der Waals surface area contributed by atoms with E-state index < -0.39 is 12.3 Å². The quantitative estimate of drug-likeness (QED) is 0.361. The Morgan fingerprint density at radius 2 is 1.94 bits per heavy atom. The minimum atomic E-state index is -1.12. The molecular weight excluding hydrogens is 436 g/mol. The summed E-state index contributed by atoms with van der Waals surface area (Å²) in [6, 6.07) is 3.11. The molecule has 170 valence electrons. The van der Waals surface area contributed by atoms with Crippen LogP contribution < -0.4 is 14.4 Å². The second-order valence-corrected chi connectivity index (χ2v) is 10.7. The van der Waals surface area contributed by atoms with Gasteiger partial charge in [0.25, 0.3) is 0 Å². The van der Waals surface area contributed by atoms with E-state index in [4.69, 9.17) is 14.2 Å². The molecule has 0 bridgehead atoms. The van der Waals surface area contributed by atoms with Gasteiger partial charge in [-0.05, 0) is 12.5 Å². The number of fused-ring (bicyclic) bond motifs is 2. The minimum Gasteiger partial charge on any atom is -0.493 e. The number of hydrogen-bond donors (Lipinski definition) is 1. The second-order valence-electron chi connectivity index (χ2n) is 7.69. The number of carbonyl (C=O) groups is 1. The topological polar surface area (TPSA) is 71.5 Å². The van der Waals surface area contributed by atoms with Crippen molar-refractivity contribution in [3.05, 3.63) is 36.4 Å². The fourth-order valence-corrected chi connectivity index (χ4v) is 5.61. The van der Waals surface area contributed by atoms with Crippen molar-refractivity contribution in [3.8, 4) is 11.5 Å². The van der Waals surface area contributed by atoms with Crippen molar-refractivity contribution in [1.29, 1.82) is 0 Å². The van der Waals surface area contributed by atoms with Crippen LogP contribution in [0.15, 0.2) is 30.9 Å². The molecule has 1 aromatic carbocycles. The maximum absolute atomic E-state index is 13.1. The van der Waals surface area contributed by atoms with Crippen LogP contribution >= 0.6 is 21.6 Å². The third kappa shape index (κ3) is 4.94. The molecule has 1 aromatic rings. The second kappa shape index (κ2) is 10.1. The number of aliphatic hydroxyl groups is 1. The van der Waals surface area contributed by atoms with E-state index in [9.17, 15) is 9.90 Å². The van der Waals surface area contributed by atoms with E-state index in [-0.39, 0.29) is 12.6 Å². The molecule has 0 aliphatic carbocycles. The van der Waals surface area contributed by atoms with E-state index in [2.05, 4.69) is 27.0 Å². The minimum absolute atomic E-state index is 0.247. The van der Waals surface area contributed by atoms with E-state index >= 15 is 0 Å². The van der Waals surface area contributed by atoms with E-state index in [1.165, 1.54) is 12.0 Å². The average Bonchev–Trinajstić information content (AvgIpc) is 3.11. The number of carbonyl (C=O) groups excluding carboxylic acids is 1. The fraction of sp³-hybridized carbons (Fsp3) is 0.500. The van der Waals surface area contributed by atoms with Gasteiger partial charge >= 0.3 is 6.09 Å². The molecule has 9 heteroatoms. The van der Waals surface area contributed by atoms with Crippen molar-refractivity contribution in [1.82, 2.24) is 4.90 Å². The van der Waals surface area contributed by atoms with Gasteiger partial charge in [0, 0.05) is 34.9 Å². The largest absolute Gasteiger partial charge is 0.493 e. The van der Waals surface area contributed by atoms with Gasteiger partial charge < -0.3 is 24.2 Å². The normalized spacial score (nSPS) is 20.5. The molecule has 2 atom stereocenters. The summed E-state index contributed by atoms with van der Waals surface area (Å²) in [6.45, 7) is 13.4. The molecule has 1 amide bonds. The van der Waals surface area contributed by atoms with Gasteiger partial charge in [-0.3, -0.25) is 0 Å². The summed E-state index contributed by atoms with van der Waals surface area (Å²) in [4.78, 5) is 16.4. The molecule has 0 spiro atoms. The van der Waals surface area contributed by atoms with E-state index in [0.717, 1.165) is 5.57 Å². The standard InChI is InChI=1S/C22H30N2O5S2/c1-13(2)31-30-8-7-29-22(26)24-17-11-20(28-6)19(27-5)10-16(17)15(4)23-12-14(3)9-18(23)21(24)25/h10-11,13,18,21,25H,3-4,7-9,12H2,1-2,5-6H3/t18-,21?/m0/s1. The number of aliphatic hydroxyl groups excluding tert-OH is 1. The van der Waals surface area contributed by atoms with Crippen LogP contribution in [0.3, 0.4) is 0 Å². The molecule has 1 fully saturated rings. The highest BCUT2D eigenvalue weighted by atomic mass is 33.1. The summed E-state index contributed by atoms with van der Waals surface area (Å²) in [5, 5.41) is 11.8. The molecule has 0 radical (unpaired) electrons. The highest BCUT2D eigenvalue weighted by Gasteiger charge is 2.44. The number of amides is 1. The van der Waals surface area contributed by atoms with Crippen molar-refractivity contribution in [2.45, 2.75) is 37.8 Å². The van der Waals surface area contributed by atoms with Crippen LogP contribution in [0.5, 0.6) is 11.5 Å². The summed E-state index contributed by atoms with van der Waals surface area (Å²) in [7, 11) is 6.47. The predicted octanol–water partition coefficient (Wildman–Crippen LogP) is 4.37. The molecular formula is C22H30N2O5S2. The number of anilines is 1. The van der Waals surface area contributed by atoms with Crippen LogP contribution in [-0.4, -0.2) is 66.7 Å². The maximum Gasteiger partial charge on any atom is 0.416 e. The molecule has 31 heavy (non-hydrogen) atoms. The third-order valence-corrected chi connectivity index (χ3v) is 8.09. The number of benzene rings is 1. The smallest absolute Gasteiger partial charge is 0.416 e. The Morgan fingerprint density at radius 1 is 1.26 bits per heavy atom. The van der Waals surface area contributed by atoms with Gasteiger partial charge in [-0.15, -0.1) is 0 Å². The Bertz CT molecular complexity index is 861. The number of ether oxygens (including phenoxy) is 3. The van der Waals surface area contributed by atoms with Crippen molar-refractivity contribution < 1.29 is 24.1 Å². The lowest BCUT2D eigenvalue weighted by molar-refractivity contribution is 0.0851. The van der Waals surface area contributed by atoms with Gasteiger partial charge in [-0.2, -0.15) is 0 Å². The van der Waals surface area contributed by atoms with Gasteiger partial charge in [0.1, 0.15) is 6.61 Å². The van der Waals surface area contributed by atoms with Gasteiger partial charge in [-0.1, -0.05) is 54.2 Å². The van der Waals surface area contributed by atoms with Gasteiger partial charge in [0.2, 0.25) is 0 Å². The first-order valence-electron chi connectivity index (χ1n) is 10.1. The Balaban J connectivity index is 1.94. The molecule has 0 saturated carbocycles. The van der Waals surface area contributed by atoms with Crippen molar-refractivity contribution in [2.75, 3.05) is 38.0 Å². The Hall–Kier alpha value is -1.97. The lowest BCUT2D eigenvalue weighted by Gasteiger charge is -2.32. The van der Waals surface area contributed by atoms with Gasteiger partial charge in [-0.25, -0.2) is 9.69 Å². The molecule has 2 heterocycles. The lowest BCUT2D eigenvalue weighted by atomic mass is 10.1. The summed E-state index contributed by atoms with van der Waals surface area (Å²) >= 11 is 0. The zero-order valence-electron chi connectivity index (χ0n) is 18.4. The molecule has 1 saturated heterocycles. The highest BCUT2D eigenvalue weighted by Crippen LogP contribution is 2.45. The van der Waals surface area contributed by atoms with E-state index in [1.54, 1.807) is 40.8 Å². The predicted molar refractivity (Wildman–Crippen MR) is 128 cm³/mol.